The summed E-state index contributed by atoms with van der Waals surface area (Å²) in [6, 6.07) is 5.32. The molecule has 0 aliphatic rings. The standard InChI is InChI=1S/C9H8BrNO2.C2H6/c1-6-2-3-7(10)4-8(6)9(13)11-5-12;1-2/h2-5H,1H3,(H,11,12,13);1-2H3. The van der Waals surface area contributed by atoms with Gasteiger partial charge in [-0.15, -0.1) is 0 Å². The van der Waals surface area contributed by atoms with E-state index in [1.54, 1.807) is 6.07 Å². The highest BCUT2D eigenvalue weighted by atomic mass is 79.9. The first kappa shape index (κ1) is 13.8. The van der Waals surface area contributed by atoms with Gasteiger partial charge < -0.3 is 0 Å². The van der Waals surface area contributed by atoms with E-state index in [1.807, 2.05) is 32.9 Å². The van der Waals surface area contributed by atoms with Crippen LogP contribution in [0.5, 0.6) is 0 Å². The van der Waals surface area contributed by atoms with Crippen LogP contribution in [0.3, 0.4) is 0 Å². The number of aryl methyl sites for hydroxylation is 1. The number of rotatable bonds is 2. The Labute approximate surface area is 98.0 Å². The van der Waals surface area contributed by atoms with Crippen LogP contribution < -0.4 is 5.32 Å². The van der Waals surface area contributed by atoms with E-state index in [1.165, 1.54) is 0 Å². The normalized spacial score (nSPS) is 8.53. The maximum Gasteiger partial charge on any atom is 0.257 e. The van der Waals surface area contributed by atoms with Crippen molar-refractivity contribution in [1.82, 2.24) is 5.32 Å². The third-order valence-electron chi connectivity index (χ3n) is 1.63. The summed E-state index contributed by atoms with van der Waals surface area (Å²) in [6.07, 6.45) is 0.378. The number of benzene rings is 1. The maximum atomic E-state index is 11.3. The molecule has 0 saturated heterocycles. The summed E-state index contributed by atoms with van der Waals surface area (Å²) in [5.41, 5.74) is 1.34. The van der Waals surface area contributed by atoms with Gasteiger partial charge in [0.2, 0.25) is 6.41 Å². The molecule has 0 radical (unpaired) electrons. The van der Waals surface area contributed by atoms with E-state index >= 15 is 0 Å². The molecule has 1 rings (SSSR count). The number of hydrogen-bond donors (Lipinski definition) is 1. The maximum absolute atomic E-state index is 11.3. The highest BCUT2D eigenvalue weighted by molar-refractivity contribution is 9.10. The van der Waals surface area contributed by atoms with E-state index in [-0.39, 0.29) is 5.91 Å². The topological polar surface area (TPSA) is 46.2 Å². The molecule has 1 N–H and O–H groups in total. The summed E-state index contributed by atoms with van der Waals surface area (Å²) >= 11 is 3.25. The second kappa shape index (κ2) is 7.17. The number of nitrogens with one attached hydrogen (secondary N) is 1. The minimum Gasteiger partial charge on any atom is -0.295 e. The van der Waals surface area contributed by atoms with Gasteiger partial charge in [-0.2, -0.15) is 0 Å². The van der Waals surface area contributed by atoms with Crippen molar-refractivity contribution >= 4 is 28.2 Å². The molecule has 3 nitrogen and oxygen atoms in total. The molecule has 0 spiro atoms. The van der Waals surface area contributed by atoms with Gasteiger partial charge >= 0.3 is 0 Å². The van der Waals surface area contributed by atoms with Gasteiger partial charge in [-0.3, -0.25) is 14.9 Å². The zero-order chi connectivity index (χ0) is 11.8. The third-order valence-corrected chi connectivity index (χ3v) is 2.13. The smallest absolute Gasteiger partial charge is 0.257 e. The quantitative estimate of drug-likeness (QED) is 0.841. The molecule has 4 heteroatoms. The Kier molecular flexibility index (Phi) is 6.62. The minimum absolute atomic E-state index is 0.378. The predicted octanol–water partition coefficient (Wildman–Crippen LogP) is 2.67. The first-order valence-electron chi connectivity index (χ1n) is 4.66. The fraction of sp³-hybridized carbons (Fsp3) is 0.273. The molecular formula is C11H14BrNO2. The van der Waals surface area contributed by atoms with Crippen LogP contribution in [0.1, 0.15) is 29.8 Å². The summed E-state index contributed by atoms with van der Waals surface area (Å²) in [4.78, 5) is 21.3. The Balaban J connectivity index is 0.000000921. The molecule has 0 saturated carbocycles. The zero-order valence-electron chi connectivity index (χ0n) is 9.00. The number of carbonyl (C=O) groups excluding carboxylic acids is 2. The number of imide groups is 1. The van der Waals surface area contributed by atoms with Crippen molar-refractivity contribution in [2.24, 2.45) is 0 Å². The molecule has 1 aromatic carbocycles. The van der Waals surface area contributed by atoms with Crippen LogP contribution in [0.4, 0.5) is 0 Å². The molecule has 15 heavy (non-hydrogen) atoms. The average Bonchev–Trinajstić information content (AvgIpc) is 2.25. The van der Waals surface area contributed by atoms with Crippen molar-refractivity contribution in [2.45, 2.75) is 20.8 Å². The van der Waals surface area contributed by atoms with E-state index in [2.05, 4.69) is 21.2 Å². The molecule has 0 atom stereocenters. The number of carbonyl (C=O) groups is 2. The van der Waals surface area contributed by atoms with Crippen LogP contribution in [0.25, 0.3) is 0 Å². The van der Waals surface area contributed by atoms with Crippen molar-refractivity contribution in [2.75, 3.05) is 0 Å². The fourth-order valence-corrected chi connectivity index (χ4v) is 1.33. The lowest BCUT2D eigenvalue weighted by atomic mass is 10.1. The monoisotopic (exact) mass is 271 g/mol. The molecule has 0 aliphatic heterocycles. The Morgan fingerprint density at radius 1 is 1.40 bits per heavy atom. The first-order valence-corrected chi connectivity index (χ1v) is 5.45. The molecule has 0 bridgehead atoms. The van der Waals surface area contributed by atoms with Gasteiger partial charge in [-0.25, -0.2) is 0 Å². The first-order chi connectivity index (χ1) is 7.15. The summed E-state index contributed by atoms with van der Waals surface area (Å²) in [5.74, 6) is -0.381. The van der Waals surface area contributed by atoms with Crippen molar-refractivity contribution in [1.29, 1.82) is 0 Å². The molecule has 82 valence electrons. The molecule has 0 aromatic heterocycles. The van der Waals surface area contributed by atoms with E-state index in [0.29, 0.717) is 12.0 Å². The van der Waals surface area contributed by atoms with Gasteiger partial charge in [-0.05, 0) is 24.6 Å². The average molecular weight is 272 g/mol. The summed E-state index contributed by atoms with van der Waals surface area (Å²) < 4.78 is 0.814. The van der Waals surface area contributed by atoms with Gasteiger partial charge in [0.25, 0.3) is 5.91 Å². The second-order valence-corrected chi connectivity index (χ2v) is 3.47. The Morgan fingerprint density at radius 2 is 2.00 bits per heavy atom. The molecule has 0 fully saturated rings. The van der Waals surface area contributed by atoms with Crippen LogP contribution in [0.15, 0.2) is 22.7 Å². The van der Waals surface area contributed by atoms with Gasteiger partial charge in [0.1, 0.15) is 0 Å². The number of amides is 2. The van der Waals surface area contributed by atoms with Crippen LogP contribution in [0, 0.1) is 6.92 Å². The summed E-state index contributed by atoms with van der Waals surface area (Å²) in [6.45, 7) is 5.81. The SMILES string of the molecule is CC.Cc1ccc(Br)cc1C(=O)NC=O. The lowest BCUT2D eigenvalue weighted by molar-refractivity contribution is -0.108. The highest BCUT2D eigenvalue weighted by Gasteiger charge is 2.07. The molecule has 0 heterocycles. The second-order valence-electron chi connectivity index (χ2n) is 2.55. The summed E-state index contributed by atoms with van der Waals surface area (Å²) in [5, 5.41) is 2.09. The van der Waals surface area contributed by atoms with Crippen molar-refractivity contribution in [3.05, 3.63) is 33.8 Å². The molecule has 1 aromatic rings. The zero-order valence-corrected chi connectivity index (χ0v) is 10.6. The van der Waals surface area contributed by atoms with Crippen LogP contribution in [0.2, 0.25) is 0 Å². The van der Waals surface area contributed by atoms with Gasteiger partial charge in [0.05, 0.1) is 0 Å². The Morgan fingerprint density at radius 3 is 2.53 bits per heavy atom. The van der Waals surface area contributed by atoms with Gasteiger partial charge in [0, 0.05) is 10.0 Å². The largest absolute Gasteiger partial charge is 0.295 e. The van der Waals surface area contributed by atoms with Crippen LogP contribution in [-0.2, 0) is 4.79 Å². The minimum atomic E-state index is -0.381. The van der Waals surface area contributed by atoms with Crippen molar-refractivity contribution in [3.63, 3.8) is 0 Å². The molecule has 2 amide bonds. The van der Waals surface area contributed by atoms with E-state index < -0.39 is 0 Å². The van der Waals surface area contributed by atoms with Crippen molar-refractivity contribution < 1.29 is 9.59 Å². The molecule has 0 unspecified atom stereocenters. The van der Waals surface area contributed by atoms with Crippen LogP contribution in [-0.4, -0.2) is 12.3 Å². The number of halogens is 1. The van der Waals surface area contributed by atoms with Crippen LogP contribution >= 0.6 is 15.9 Å². The Hall–Kier alpha value is -1.16. The van der Waals surface area contributed by atoms with E-state index in [9.17, 15) is 9.59 Å². The highest BCUT2D eigenvalue weighted by Crippen LogP contribution is 2.15. The van der Waals surface area contributed by atoms with Gasteiger partial charge in [-0.1, -0.05) is 35.8 Å². The Bertz CT molecular complexity index is 350. The summed E-state index contributed by atoms with van der Waals surface area (Å²) in [7, 11) is 0. The fourth-order valence-electron chi connectivity index (χ4n) is 0.970. The van der Waals surface area contributed by atoms with E-state index in [4.69, 9.17) is 0 Å². The molecular weight excluding hydrogens is 258 g/mol. The lowest BCUT2D eigenvalue weighted by Gasteiger charge is -2.03. The predicted molar refractivity (Wildman–Crippen MR) is 63.8 cm³/mol. The van der Waals surface area contributed by atoms with E-state index in [0.717, 1.165) is 10.0 Å². The van der Waals surface area contributed by atoms with Gasteiger partial charge in [0.15, 0.2) is 0 Å². The third kappa shape index (κ3) is 4.25. The molecule has 0 aliphatic carbocycles. The van der Waals surface area contributed by atoms with Crippen molar-refractivity contribution in [3.8, 4) is 0 Å². The lowest BCUT2D eigenvalue weighted by Crippen LogP contribution is -2.22. The number of hydrogen-bond acceptors (Lipinski definition) is 2.